The second-order valence-electron chi connectivity index (χ2n) is 9.66. The van der Waals surface area contributed by atoms with Crippen LogP contribution < -0.4 is 10.1 Å². The van der Waals surface area contributed by atoms with Crippen molar-refractivity contribution in [2.45, 2.75) is 31.5 Å². The van der Waals surface area contributed by atoms with Crippen molar-refractivity contribution in [2.24, 2.45) is 0 Å². The molecule has 2 N–H and O–H groups in total. The molecule has 0 bridgehead atoms. The number of benzene rings is 2. The van der Waals surface area contributed by atoms with E-state index in [1.807, 2.05) is 17.7 Å². The van der Waals surface area contributed by atoms with Crippen LogP contribution in [0.15, 0.2) is 73.2 Å². The molecule has 37 heavy (non-hydrogen) atoms. The normalized spacial score (nSPS) is 19.3. The highest BCUT2D eigenvalue weighted by atomic mass is 16.5. The predicted octanol–water partition coefficient (Wildman–Crippen LogP) is 3.52. The summed E-state index contributed by atoms with van der Waals surface area (Å²) in [6.07, 6.45) is 3.48. The second-order valence-corrected chi connectivity index (χ2v) is 9.66. The van der Waals surface area contributed by atoms with Gasteiger partial charge in [0, 0.05) is 19.3 Å². The number of fused-ring (bicyclic) bond motifs is 3. The Hall–Kier alpha value is -4.01. The van der Waals surface area contributed by atoms with Gasteiger partial charge in [-0.05, 0) is 47.7 Å². The summed E-state index contributed by atoms with van der Waals surface area (Å²) in [6.45, 7) is 3.18. The monoisotopic (exact) mass is 495 g/mol. The lowest BCUT2D eigenvalue weighted by Gasteiger charge is -2.40. The number of nitrogens with one attached hydrogen (secondary N) is 1. The minimum absolute atomic E-state index is 0.0930. The molecule has 188 valence electrons. The van der Waals surface area contributed by atoms with Gasteiger partial charge in [-0.3, -0.25) is 9.69 Å². The number of methoxy groups -OCH3 is 1. The van der Waals surface area contributed by atoms with Gasteiger partial charge in [-0.2, -0.15) is 0 Å². The Bertz CT molecular complexity index is 1420. The maximum absolute atomic E-state index is 13.2. The van der Waals surface area contributed by atoms with E-state index in [-0.39, 0.29) is 17.6 Å². The number of pyridine rings is 1. The molecule has 8 heteroatoms. The first-order valence-electron chi connectivity index (χ1n) is 12.5. The number of aromatic nitrogens is 3. The third-order valence-electron chi connectivity index (χ3n) is 7.35. The lowest BCUT2D eigenvalue weighted by Crippen LogP contribution is -2.55. The summed E-state index contributed by atoms with van der Waals surface area (Å²) in [7, 11) is 1.53. The highest BCUT2D eigenvalue weighted by molar-refractivity contribution is 5.93. The number of piperidine rings is 1. The van der Waals surface area contributed by atoms with Gasteiger partial charge >= 0.3 is 0 Å². The third-order valence-corrected chi connectivity index (χ3v) is 7.35. The van der Waals surface area contributed by atoms with Gasteiger partial charge in [0.15, 0.2) is 0 Å². The maximum atomic E-state index is 13.2. The van der Waals surface area contributed by atoms with Crippen molar-refractivity contribution in [1.29, 1.82) is 0 Å². The molecule has 2 aromatic carbocycles. The molecule has 1 aliphatic heterocycles. The summed E-state index contributed by atoms with van der Waals surface area (Å²) in [4.78, 5) is 24.3. The van der Waals surface area contributed by atoms with E-state index in [0.29, 0.717) is 24.5 Å². The van der Waals surface area contributed by atoms with E-state index in [1.54, 1.807) is 18.5 Å². The number of carbonyl (C=O) groups excluding carboxylic acids is 1. The Kier molecular flexibility index (Phi) is 5.98. The van der Waals surface area contributed by atoms with Gasteiger partial charge in [0.05, 0.1) is 37.3 Å². The molecule has 0 radical (unpaired) electrons. The van der Waals surface area contributed by atoms with Crippen LogP contribution in [0.5, 0.6) is 5.88 Å². The summed E-state index contributed by atoms with van der Waals surface area (Å²) >= 11 is 0. The maximum Gasteiger partial charge on any atom is 0.270 e. The number of rotatable bonds is 5. The van der Waals surface area contributed by atoms with E-state index in [1.165, 1.54) is 29.4 Å². The molecule has 2 aliphatic rings. The molecule has 1 saturated heterocycles. The van der Waals surface area contributed by atoms with E-state index >= 15 is 0 Å². The van der Waals surface area contributed by atoms with Crippen molar-refractivity contribution < 1.29 is 14.6 Å². The van der Waals surface area contributed by atoms with Gasteiger partial charge in [-0.1, -0.05) is 48.5 Å². The molecular formula is C29H29N5O3. The fraction of sp³-hybridized carbons (Fsp3) is 0.276. The van der Waals surface area contributed by atoms with Gasteiger partial charge in [-0.25, -0.2) is 9.97 Å². The molecule has 0 saturated carbocycles. The van der Waals surface area contributed by atoms with E-state index in [4.69, 9.17) is 4.74 Å². The van der Waals surface area contributed by atoms with Crippen molar-refractivity contribution in [1.82, 2.24) is 24.8 Å². The van der Waals surface area contributed by atoms with E-state index in [0.717, 1.165) is 12.2 Å². The average molecular weight is 496 g/mol. The Balaban J connectivity index is 1.23. The zero-order chi connectivity index (χ0) is 25.5. The number of aryl methyl sites for hydroxylation is 1. The smallest absolute Gasteiger partial charge is 0.270 e. The van der Waals surface area contributed by atoms with Crippen molar-refractivity contribution >= 4 is 5.91 Å². The quantitative estimate of drug-likeness (QED) is 0.440. The molecule has 2 aromatic heterocycles. The molecule has 2 unspecified atom stereocenters. The number of imidazole rings is 1. The highest BCUT2D eigenvalue weighted by Gasteiger charge is 2.38. The van der Waals surface area contributed by atoms with Crippen LogP contribution >= 0.6 is 0 Å². The van der Waals surface area contributed by atoms with Gasteiger partial charge in [0.25, 0.3) is 5.91 Å². The van der Waals surface area contributed by atoms with E-state index in [9.17, 15) is 9.90 Å². The summed E-state index contributed by atoms with van der Waals surface area (Å²) in [5.41, 5.74) is 6.83. The minimum atomic E-state index is -0.637. The molecule has 1 aliphatic carbocycles. The number of nitrogens with zero attached hydrogens (tertiary/aromatic N) is 4. The number of likely N-dealkylation sites (tertiary alicyclic amines) is 1. The number of aliphatic hydroxyl groups is 1. The fourth-order valence-corrected chi connectivity index (χ4v) is 5.57. The van der Waals surface area contributed by atoms with Crippen LogP contribution in [-0.2, 0) is 0 Å². The number of hydrogen-bond acceptors (Lipinski definition) is 6. The lowest BCUT2D eigenvalue weighted by molar-refractivity contribution is 0.0340. The number of carbonyl (C=O) groups is 1. The topological polar surface area (TPSA) is 92.5 Å². The van der Waals surface area contributed by atoms with Gasteiger partial charge in [-0.15, -0.1) is 0 Å². The second kappa shape index (κ2) is 9.46. The molecule has 2 atom stereocenters. The number of ether oxygens (including phenoxy) is 1. The van der Waals surface area contributed by atoms with Crippen molar-refractivity contribution in [2.75, 3.05) is 20.2 Å². The Morgan fingerprint density at radius 1 is 1.05 bits per heavy atom. The molecule has 0 spiro atoms. The molecule has 1 fully saturated rings. The Labute approximate surface area is 215 Å². The van der Waals surface area contributed by atoms with Crippen LogP contribution in [-0.4, -0.2) is 62.8 Å². The van der Waals surface area contributed by atoms with Crippen LogP contribution in [0.1, 0.15) is 39.8 Å². The zero-order valence-corrected chi connectivity index (χ0v) is 20.8. The Morgan fingerprint density at radius 2 is 1.76 bits per heavy atom. The SMILES string of the molecule is COc1nc(C(=O)NC2CN(C3c4ccccc4-c4ccccc43)CCC2O)ccc1-n1cnc(C)c1. The largest absolute Gasteiger partial charge is 0.479 e. The van der Waals surface area contributed by atoms with Crippen molar-refractivity contribution in [3.63, 3.8) is 0 Å². The van der Waals surface area contributed by atoms with E-state index < -0.39 is 12.1 Å². The molecule has 1 amide bonds. The standard InChI is InChI=1S/C29H29N5O3/c1-18-15-34(17-30-18)25-12-11-23(32-29(25)37-2)28(36)31-24-16-33(14-13-26(24)35)27-21-9-5-3-7-19(21)20-8-4-6-10-22(20)27/h3-12,15,17,24,26-27,35H,13-14,16H2,1-2H3,(H,31,36). The Morgan fingerprint density at radius 3 is 2.41 bits per heavy atom. The van der Waals surface area contributed by atoms with Crippen molar-refractivity contribution in [3.8, 4) is 22.7 Å². The summed E-state index contributed by atoms with van der Waals surface area (Å²) in [5, 5.41) is 13.8. The summed E-state index contributed by atoms with van der Waals surface area (Å²) in [5.74, 6) is -0.0141. The van der Waals surface area contributed by atoms with Gasteiger partial charge < -0.3 is 19.7 Å². The number of amides is 1. The minimum Gasteiger partial charge on any atom is -0.479 e. The number of aliphatic hydroxyl groups excluding tert-OH is 1. The first-order valence-corrected chi connectivity index (χ1v) is 12.5. The first-order chi connectivity index (χ1) is 18.0. The van der Waals surface area contributed by atoms with Gasteiger partial charge in [0.1, 0.15) is 11.4 Å². The van der Waals surface area contributed by atoms with Crippen molar-refractivity contribution in [3.05, 3.63) is 95.7 Å². The lowest BCUT2D eigenvalue weighted by atomic mass is 9.96. The van der Waals surface area contributed by atoms with Crippen LogP contribution in [0, 0.1) is 6.92 Å². The van der Waals surface area contributed by atoms with Gasteiger partial charge in [0.2, 0.25) is 5.88 Å². The fourth-order valence-electron chi connectivity index (χ4n) is 5.57. The third kappa shape index (κ3) is 4.18. The number of hydrogen-bond donors (Lipinski definition) is 2. The van der Waals surface area contributed by atoms with Crippen LogP contribution in [0.25, 0.3) is 16.8 Å². The van der Waals surface area contributed by atoms with Crippen LogP contribution in [0.4, 0.5) is 0 Å². The van der Waals surface area contributed by atoms with E-state index in [2.05, 4.69) is 68.7 Å². The highest BCUT2D eigenvalue weighted by Crippen LogP contribution is 2.46. The zero-order valence-electron chi connectivity index (χ0n) is 20.8. The predicted molar refractivity (Wildman–Crippen MR) is 140 cm³/mol. The summed E-state index contributed by atoms with van der Waals surface area (Å²) < 4.78 is 7.27. The molecule has 4 aromatic rings. The average Bonchev–Trinajstić information content (AvgIpc) is 3.51. The molecule has 6 rings (SSSR count). The summed E-state index contributed by atoms with van der Waals surface area (Å²) in [6, 6.07) is 20.1. The first kappa shape index (κ1) is 23.4. The molecular weight excluding hydrogens is 466 g/mol. The molecule has 8 nitrogen and oxygen atoms in total. The van der Waals surface area contributed by atoms with Crippen LogP contribution in [0.2, 0.25) is 0 Å². The van der Waals surface area contributed by atoms with Crippen LogP contribution in [0.3, 0.4) is 0 Å². The molecule has 3 heterocycles.